The molecule has 1 aromatic rings. The lowest BCUT2D eigenvalue weighted by Crippen LogP contribution is -2.24. The van der Waals surface area contributed by atoms with Crippen LogP contribution in [0.2, 0.25) is 0 Å². The summed E-state index contributed by atoms with van der Waals surface area (Å²) in [7, 11) is 0. The van der Waals surface area contributed by atoms with Gasteiger partial charge in [-0.3, -0.25) is 0 Å². The number of hydrogen-bond donors (Lipinski definition) is 1. The van der Waals surface area contributed by atoms with Crippen LogP contribution in [0, 0.1) is 0 Å². The summed E-state index contributed by atoms with van der Waals surface area (Å²) in [5, 5.41) is 0. The zero-order chi connectivity index (χ0) is 13.9. The van der Waals surface area contributed by atoms with Gasteiger partial charge in [0.2, 0.25) is 0 Å². The van der Waals surface area contributed by atoms with E-state index in [4.69, 9.17) is 15.2 Å². The minimum atomic E-state index is -0.515. The number of nitrogens with two attached hydrogens (primary N) is 1. The van der Waals surface area contributed by atoms with E-state index in [2.05, 4.69) is 0 Å². The molecule has 0 amide bonds. The first-order valence-electron chi connectivity index (χ1n) is 5.98. The summed E-state index contributed by atoms with van der Waals surface area (Å²) in [5.41, 5.74) is 6.19. The molecule has 2 N–H and O–H groups in total. The van der Waals surface area contributed by atoms with E-state index < -0.39 is 5.60 Å². The fourth-order valence-corrected chi connectivity index (χ4v) is 1.37. The van der Waals surface area contributed by atoms with Crippen LogP contribution >= 0.6 is 0 Å². The van der Waals surface area contributed by atoms with Crippen molar-refractivity contribution >= 4 is 11.7 Å². The van der Waals surface area contributed by atoms with Crippen LogP contribution in [0.4, 0.5) is 5.69 Å². The van der Waals surface area contributed by atoms with Crippen molar-refractivity contribution in [2.24, 2.45) is 0 Å². The second-order valence-electron chi connectivity index (χ2n) is 5.42. The summed E-state index contributed by atoms with van der Waals surface area (Å²) in [6.45, 7) is 9.31. The van der Waals surface area contributed by atoms with Gasteiger partial charge < -0.3 is 15.2 Å². The van der Waals surface area contributed by atoms with Gasteiger partial charge in [0, 0.05) is 0 Å². The molecule has 0 aliphatic heterocycles. The van der Waals surface area contributed by atoms with Gasteiger partial charge in [0.1, 0.15) is 11.4 Å². The average Bonchev–Trinajstić information content (AvgIpc) is 2.17. The monoisotopic (exact) mass is 251 g/mol. The largest absolute Gasteiger partial charge is 0.489 e. The fraction of sp³-hybridized carbons (Fsp3) is 0.500. The highest BCUT2D eigenvalue weighted by molar-refractivity contribution is 5.91. The van der Waals surface area contributed by atoms with E-state index in [-0.39, 0.29) is 12.1 Å². The molecule has 0 unspecified atom stereocenters. The lowest BCUT2D eigenvalue weighted by molar-refractivity contribution is 0.00696. The molecule has 0 atom stereocenters. The summed E-state index contributed by atoms with van der Waals surface area (Å²) in [4.78, 5) is 11.8. The number of carbonyl (C=O) groups is 1. The second-order valence-corrected chi connectivity index (χ2v) is 5.42. The third kappa shape index (κ3) is 4.28. The Morgan fingerprint density at radius 1 is 1.28 bits per heavy atom. The molecule has 0 aliphatic rings. The van der Waals surface area contributed by atoms with Crippen molar-refractivity contribution in [3.63, 3.8) is 0 Å². The molecule has 1 rings (SSSR count). The molecule has 18 heavy (non-hydrogen) atoms. The maximum Gasteiger partial charge on any atom is 0.338 e. The van der Waals surface area contributed by atoms with Crippen molar-refractivity contribution < 1.29 is 14.3 Å². The number of esters is 1. The topological polar surface area (TPSA) is 61.5 Å². The summed E-state index contributed by atoms with van der Waals surface area (Å²) in [6, 6.07) is 4.92. The van der Waals surface area contributed by atoms with Crippen LogP contribution in [0.25, 0.3) is 0 Å². The number of nitrogen functional groups attached to an aromatic ring is 1. The Morgan fingerprint density at radius 2 is 1.89 bits per heavy atom. The van der Waals surface area contributed by atoms with Gasteiger partial charge in [0.25, 0.3) is 0 Å². The van der Waals surface area contributed by atoms with Crippen LogP contribution in [0.15, 0.2) is 18.2 Å². The third-order valence-corrected chi connectivity index (χ3v) is 2.01. The molecule has 0 spiro atoms. The van der Waals surface area contributed by atoms with Crippen molar-refractivity contribution in [2.45, 2.75) is 46.3 Å². The van der Waals surface area contributed by atoms with E-state index in [0.29, 0.717) is 17.0 Å². The molecule has 4 nitrogen and oxygen atoms in total. The maximum absolute atomic E-state index is 11.8. The van der Waals surface area contributed by atoms with Crippen LogP contribution in [0.3, 0.4) is 0 Å². The summed E-state index contributed by atoms with van der Waals surface area (Å²) in [5.74, 6) is 0.197. The second kappa shape index (κ2) is 5.29. The predicted octanol–water partition coefficient (Wildman–Crippen LogP) is 3.01. The van der Waals surface area contributed by atoms with Crippen molar-refractivity contribution in [1.29, 1.82) is 0 Å². The molecule has 100 valence electrons. The van der Waals surface area contributed by atoms with Gasteiger partial charge in [-0.1, -0.05) is 0 Å². The number of benzene rings is 1. The lowest BCUT2D eigenvalue weighted by atomic mass is 10.1. The molecule has 0 aromatic heterocycles. The fourth-order valence-electron chi connectivity index (χ4n) is 1.37. The molecule has 0 radical (unpaired) electrons. The van der Waals surface area contributed by atoms with E-state index in [1.54, 1.807) is 18.2 Å². The number of rotatable bonds is 3. The van der Waals surface area contributed by atoms with E-state index in [9.17, 15) is 4.79 Å². The molecule has 0 heterocycles. The Kier molecular flexibility index (Phi) is 4.22. The minimum absolute atomic E-state index is 0.0414. The van der Waals surface area contributed by atoms with Crippen LogP contribution in [-0.2, 0) is 4.74 Å². The molecule has 0 bridgehead atoms. The van der Waals surface area contributed by atoms with E-state index in [1.165, 1.54) is 0 Å². The number of hydrogen-bond acceptors (Lipinski definition) is 4. The summed E-state index contributed by atoms with van der Waals surface area (Å²) >= 11 is 0. The van der Waals surface area contributed by atoms with Gasteiger partial charge in [0.15, 0.2) is 0 Å². The number of anilines is 1. The first kappa shape index (κ1) is 14.4. The highest BCUT2D eigenvalue weighted by atomic mass is 16.6. The zero-order valence-corrected chi connectivity index (χ0v) is 11.6. The highest BCUT2D eigenvalue weighted by Gasteiger charge is 2.18. The van der Waals surface area contributed by atoms with Crippen LogP contribution < -0.4 is 10.5 Å². The zero-order valence-electron chi connectivity index (χ0n) is 11.6. The predicted molar refractivity (Wildman–Crippen MR) is 71.8 cm³/mol. The summed E-state index contributed by atoms with van der Waals surface area (Å²) < 4.78 is 10.8. The van der Waals surface area contributed by atoms with Gasteiger partial charge in [-0.25, -0.2) is 4.79 Å². The SMILES string of the molecule is CC(C)Oc1ccc(C(=O)OC(C)(C)C)cc1N. The van der Waals surface area contributed by atoms with Crippen LogP contribution in [-0.4, -0.2) is 17.7 Å². The molecule has 0 saturated carbocycles. The molecule has 0 saturated heterocycles. The van der Waals surface area contributed by atoms with Gasteiger partial charge in [-0.15, -0.1) is 0 Å². The van der Waals surface area contributed by atoms with Gasteiger partial charge in [-0.2, -0.15) is 0 Å². The third-order valence-electron chi connectivity index (χ3n) is 2.01. The highest BCUT2D eigenvalue weighted by Crippen LogP contribution is 2.24. The molecule has 0 fully saturated rings. The first-order chi connectivity index (χ1) is 8.19. The molecular formula is C14H21NO3. The smallest absolute Gasteiger partial charge is 0.338 e. The Morgan fingerprint density at radius 3 is 2.33 bits per heavy atom. The first-order valence-corrected chi connectivity index (χ1v) is 5.98. The Hall–Kier alpha value is -1.71. The van der Waals surface area contributed by atoms with Crippen LogP contribution in [0.1, 0.15) is 45.0 Å². The van der Waals surface area contributed by atoms with Crippen LogP contribution in [0.5, 0.6) is 5.75 Å². The van der Waals surface area contributed by atoms with Crippen molar-refractivity contribution in [2.75, 3.05) is 5.73 Å². The Balaban J connectivity index is 2.87. The van der Waals surface area contributed by atoms with Gasteiger partial charge >= 0.3 is 5.97 Å². The lowest BCUT2D eigenvalue weighted by Gasteiger charge is -2.20. The Labute approximate surface area is 108 Å². The quantitative estimate of drug-likeness (QED) is 0.662. The van der Waals surface area contributed by atoms with E-state index in [0.717, 1.165) is 0 Å². The minimum Gasteiger partial charge on any atom is -0.489 e. The number of carbonyl (C=O) groups excluding carboxylic acids is 1. The molecule has 1 aromatic carbocycles. The molecular weight excluding hydrogens is 230 g/mol. The van der Waals surface area contributed by atoms with E-state index >= 15 is 0 Å². The molecule has 4 heteroatoms. The van der Waals surface area contributed by atoms with Crippen molar-refractivity contribution in [1.82, 2.24) is 0 Å². The van der Waals surface area contributed by atoms with Gasteiger partial charge in [-0.05, 0) is 52.8 Å². The molecule has 0 aliphatic carbocycles. The maximum atomic E-state index is 11.8. The Bertz CT molecular complexity index is 433. The average molecular weight is 251 g/mol. The number of ether oxygens (including phenoxy) is 2. The van der Waals surface area contributed by atoms with Crippen molar-refractivity contribution in [3.8, 4) is 5.75 Å². The summed E-state index contributed by atoms with van der Waals surface area (Å²) in [6.07, 6.45) is 0.0414. The van der Waals surface area contributed by atoms with Gasteiger partial charge in [0.05, 0.1) is 17.4 Å². The van der Waals surface area contributed by atoms with E-state index in [1.807, 2.05) is 34.6 Å². The normalized spacial score (nSPS) is 11.4. The standard InChI is InChI=1S/C14H21NO3/c1-9(2)17-12-7-6-10(8-11(12)15)13(16)18-14(3,4)5/h6-9H,15H2,1-5H3. The van der Waals surface area contributed by atoms with Crippen molar-refractivity contribution in [3.05, 3.63) is 23.8 Å².